The van der Waals surface area contributed by atoms with Crippen molar-refractivity contribution in [2.24, 2.45) is 11.8 Å². The predicted molar refractivity (Wildman–Crippen MR) is 101 cm³/mol. The Kier molecular flexibility index (Phi) is 8.30. The van der Waals surface area contributed by atoms with Crippen LogP contribution in [0.3, 0.4) is 0 Å². The molecular formula is C19H29F3N2O3S. The summed E-state index contributed by atoms with van der Waals surface area (Å²) >= 11 is 0. The summed E-state index contributed by atoms with van der Waals surface area (Å²) in [6.45, 7) is 1.98. The van der Waals surface area contributed by atoms with Crippen molar-refractivity contribution in [3.05, 3.63) is 29.8 Å². The van der Waals surface area contributed by atoms with Crippen LogP contribution in [0, 0.1) is 11.8 Å². The van der Waals surface area contributed by atoms with Gasteiger partial charge in [0.15, 0.2) is 0 Å². The number of nitrogens with zero attached hydrogens (tertiary/aromatic N) is 1. The molecule has 1 fully saturated rings. The summed E-state index contributed by atoms with van der Waals surface area (Å²) in [4.78, 5) is -0.123. The molecule has 0 aliphatic heterocycles. The molecule has 0 heterocycles. The molecular weight excluding hydrogens is 393 g/mol. The molecule has 1 aromatic carbocycles. The number of halogens is 3. The van der Waals surface area contributed by atoms with E-state index in [1.165, 1.54) is 11.4 Å². The zero-order valence-corrected chi connectivity index (χ0v) is 16.9. The van der Waals surface area contributed by atoms with Crippen LogP contribution in [-0.2, 0) is 16.2 Å². The minimum atomic E-state index is -4.49. The number of benzene rings is 1. The lowest BCUT2D eigenvalue weighted by atomic mass is 9.80. The van der Waals surface area contributed by atoms with Crippen LogP contribution in [0.15, 0.2) is 29.2 Å². The highest BCUT2D eigenvalue weighted by atomic mass is 32.2. The number of hydrogen-bond donors (Lipinski definition) is 2. The molecule has 0 aromatic heterocycles. The average Bonchev–Trinajstić information content (AvgIpc) is 2.66. The van der Waals surface area contributed by atoms with Crippen molar-refractivity contribution < 1.29 is 26.7 Å². The molecule has 9 heteroatoms. The van der Waals surface area contributed by atoms with Crippen LogP contribution in [0.4, 0.5) is 13.2 Å². The smallest absolute Gasteiger partial charge is 0.395 e. The minimum absolute atomic E-state index is 0.123. The molecule has 0 unspecified atom stereocenters. The molecule has 0 amide bonds. The maximum atomic E-state index is 12.6. The van der Waals surface area contributed by atoms with Crippen LogP contribution < -0.4 is 5.32 Å². The summed E-state index contributed by atoms with van der Waals surface area (Å²) in [6, 6.07) is 3.62. The standard InChI is InChI=1S/C19H29F3N2O3S/c1-24(12-10-15-2-4-16(5-3-15)14-23-11-13-25)28(26,27)18-8-6-17(7-9-18)19(20,21)22/h6-9,15-16,23,25H,2-5,10-14H2,1H3. The van der Waals surface area contributed by atoms with Crippen LogP contribution in [0.1, 0.15) is 37.7 Å². The van der Waals surface area contributed by atoms with Crippen LogP contribution in [0.5, 0.6) is 0 Å². The van der Waals surface area contributed by atoms with Gasteiger partial charge in [-0.05, 0) is 61.9 Å². The highest BCUT2D eigenvalue weighted by molar-refractivity contribution is 7.89. The SMILES string of the molecule is CN(CCC1CCC(CNCCO)CC1)S(=O)(=O)c1ccc(C(F)(F)F)cc1. The Labute approximate surface area is 165 Å². The van der Waals surface area contributed by atoms with E-state index in [1.54, 1.807) is 0 Å². The van der Waals surface area contributed by atoms with E-state index in [0.29, 0.717) is 24.9 Å². The lowest BCUT2D eigenvalue weighted by Gasteiger charge is -2.29. The summed E-state index contributed by atoms with van der Waals surface area (Å²) in [6.07, 6.45) is 0.504. The van der Waals surface area contributed by atoms with Gasteiger partial charge < -0.3 is 10.4 Å². The van der Waals surface area contributed by atoms with Gasteiger partial charge in [0.2, 0.25) is 10.0 Å². The van der Waals surface area contributed by atoms with Crippen molar-refractivity contribution in [2.75, 3.05) is 33.3 Å². The maximum absolute atomic E-state index is 12.6. The Morgan fingerprint density at radius 1 is 1.11 bits per heavy atom. The highest BCUT2D eigenvalue weighted by Crippen LogP contribution is 2.32. The molecule has 1 saturated carbocycles. The molecule has 0 atom stereocenters. The Morgan fingerprint density at radius 3 is 2.21 bits per heavy atom. The van der Waals surface area contributed by atoms with Gasteiger partial charge in [-0.3, -0.25) is 0 Å². The number of hydrogen-bond acceptors (Lipinski definition) is 4. The predicted octanol–water partition coefficient (Wildman–Crippen LogP) is 3.10. The zero-order chi connectivity index (χ0) is 20.8. The van der Waals surface area contributed by atoms with Crippen molar-refractivity contribution in [1.29, 1.82) is 0 Å². The van der Waals surface area contributed by atoms with E-state index in [4.69, 9.17) is 5.11 Å². The molecule has 5 nitrogen and oxygen atoms in total. The molecule has 0 radical (unpaired) electrons. The van der Waals surface area contributed by atoms with Crippen molar-refractivity contribution >= 4 is 10.0 Å². The molecule has 0 saturated heterocycles. The first kappa shape index (κ1) is 23.1. The number of nitrogens with one attached hydrogen (secondary N) is 1. The van der Waals surface area contributed by atoms with Gasteiger partial charge in [-0.25, -0.2) is 12.7 Å². The molecule has 1 aliphatic rings. The Bertz CT molecular complexity index is 700. The second kappa shape index (κ2) is 10.0. The lowest BCUT2D eigenvalue weighted by Crippen LogP contribution is -2.31. The fraction of sp³-hybridized carbons (Fsp3) is 0.684. The van der Waals surface area contributed by atoms with Crippen molar-refractivity contribution in [3.63, 3.8) is 0 Å². The molecule has 1 aliphatic carbocycles. The summed E-state index contributed by atoms with van der Waals surface area (Å²) < 4.78 is 64.3. The first-order chi connectivity index (χ1) is 13.1. The van der Waals surface area contributed by atoms with Crippen LogP contribution in [0.2, 0.25) is 0 Å². The third-order valence-corrected chi connectivity index (χ3v) is 7.30. The van der Waals surface area contributed by atoms with Gasteiger partial charge in [0, 0.05) is 20.1 Å². The van der Waals surface area contributed by atoms with E-state index in [2.05, 4.69) is 5.32 Å². The topological polar surface area (TPSA) is 69.6 Å². The minimum Gasteiger partial charge on any atom is -0.395 e. The third-order valence-electron chi connectivity index (χ3n) is 5.43. The molecule has 2 rings (SSSR count). The molecule has 0 spiro atoms. The monoisotopic (exact) mass is 422 g/mol. The van der Waals surface area contributed by atoms with Gasteiger partial charge in [0.1, 0.15) is 0 Å². The van der Waals surface area contributed by atoms with Crippen molar-refractivity contribution in [3.8, 4) is 0 Å². The lowest BCUT2D eigenvalue weighted by molar-refractivity contribution is -0.137. The Hall–Kier alpha value is -1.16. The summed E-state index contributed by atoms with van der Waals surface area (Å²) in [5, 5.41) is 12.0. The van der Waals surface area contributed by atoms with Gasteiger partial charge in [0.25, 0.3) is 0 Å². The fourth-order valence-electron chi connectivity index (χ4n) is 3.59. The van der Waals surface area contributed by atoms with Crippen LogP contribution in [0.25, 0.3) is 0 Å². The second-order valence-electron chi connectivity index (χ2n) is 7.45. The number of sulfonamides is 1. The summed E-state index contributed by atoms with van der Waals surface area (Å²) in [7, 11) is -2.33. The van der Waals surface area contributed by atoms with E-state index in [1.807, 2.05) is 0 Å². The van der Waals surface area contributed by atoms with Gasteiger partial charge in [-0.2, -0.15) is 13.2 Å². The van der Waals surface area contributed by atoms with Gasteiger partial charge in [-0.15, -0.1) is 0 Å². The fourth-order valence-corrected chi connectivity index (χ4v) is 4.78. The average molecular weight is 423 g/mol. The van der Waals surface area contributed by atoms with E-state index < -0.39 is 21.8 Å². The molecule has 28 heavy (non-hydrogen) atoms. The van der Waals surface area contributed by atoms with E-state index in [-0.39, 0.29) is 11.5 Å². The molecule has 2 N–H and O–H groups in total. The first-order valence-corrected chi connectivity index (χ1v) is 11.0. The number of aliphatic hydroxyl groups excluding tert-OH is 1. The second-order valence-corrected chi connectivity index (χ2v) is 9.50. The molecule has 1 aromatic rings. The van der Waals surface area contributed by atoms with Crippen LogP contribution in [-0.4, -0.2) is 51.1 Å². The summed E-state index contributed by atoms with van der Waals surface area (Å²) in [5.74, 6) is 1.05. The number of aliphatic hydroxyl groups is 1. The first-order valence-electron chi connectivity index (χ1n) is 9.59. The number of rotatable bonds is 9. The Morgan fingerprint density at radius 2 is 1.68 bits per heavy atom. The normalized spacial score (nSPS) is 21.2. The van der Waals surface area contributed by atoms with Gasteiger partial charge in [0.05, 0.1) is 17.1 Å². The third kappa shape index (κ3) is 6.43. The van der Waals surface area contributed by atoms with E-state index in [9.17, 15) is 21.6 Å². The molecule has 160 valence electrons. The van der Waals surface area contributed by atoms with E-state index >= 15 is 0 Å². The van der Waals surface area contributed by atoms with Gasteiger partial charge in [-0.1, -0.05) is 12.8 Å². The summed E-state index contributed by atoms with van der Waals surface area (Å²) in [5.41, 5.74) is -0.862. The highest BCUT2D eigenvalue weighted by Gasteiger charge is 2.31. The zero-order valence-electron chi connectivity index (χ0n) is 16.1. The maximum Gasteiger partial charge on any atom is 0.416 e. The van der Waals surface area contributed by atoms with Crippen molar-refractivity contribution in [1.82, 2.24) is 9.62 Å². The quantitative estimate of drug-likeness (QED) is 0.600. The van der Waals surface area contributed by atoms with E-state index in [0.717, 1.165) is 62.9 Å². The largest absolute Gasteiger partial charge is 0.416 e. The molecule has 0 bridgehead atoms. The van der Waals surface area contributed by atoms with Crippen molar-refractivity contribution in [2.45, 2.75) is 43.2 Å². The Balaban J connectivity index is 1.83. The van der Waals surface area contributed by atoms with Crippen LogP contribution >= 0.6 is 0 Å². The number of alkyl halides is 3. The van der Waals surface area contributed by atoms with Gasteiger partial charge >= 0.3 is 6.18 Å².